The number of unbranched alkanes of at least 4 members (excludes halogenated alkanes) is 33. The van der Waals surface area contributed by atoms with E-state index >= 15 is 0 Å². The summed E-state index contributed by atoms with van der Waals surface area (Å²) in [6.45, 7) is 4.90. The van der Waals surface area contributed by atoms with E-state index in [1.807, 2.05) is 0 Å². The zero-order chi connectivity index (χ0) is 40.8. The van der Waals surface area contributed by atoms with E-state index in [4.69, 9.17) is 4.74 Å². The summed E-state index contributed by atoms with van der Waals surface area (Å²) in [5.74, 6) is -0.0470. The molecule has 0 aliphatic carbocycles. The Morgan fingerprint density at radius 2 is 0.839 bits per heavy atom. The molecule has 2 atom stereocenters. The number of rotatable bonds is 46. The van der Waals surface area contributed by atoms with E-state index in [0.717, 1.165) is 44.9 Å². The summed E-state index contributed by atoms with van der Waals surface area (Å²) in [5.41, 5.74) is 0. The lowest BCUT2D eigenvalue weighted by molar-refractivity contribution is -0.143. The van der Waals surface area contributed by atoms with E-state index in [1.165, 1.54) is 193 Å². The average Bonchev–Trinajstić information content (AvgIpc) is 3.20. The van der Waals surface area contributed by atoms with Gasteiger partial charge in [0.2, 0.25) is 5.91 Å². The summed E-state index contributed by atoms with van der Waals surface area (Å²) in [4.78, 5) is 24.4. The number of aliphatic hydroxyl groups excluding tert-OH is 2. The summed E-state index contributed by atoms with van der Waals surface area (Å²) in [6.07, 6.45) is 51.8. The van der Waals surface area contributed by atoms with Gasteiger partial charge in [0.15, 0.2) is 0 Å². The highest BCUT2D eigenvalue weighted by molar-refractivity contribution is 5.76. The molecule has 0 rings (SSSR count). The average molecular weight is 792 g/mol. The van der Waals surface area contributed by atoms with Crippen molar-refractivity contribution in [2.45, 2.75) is 283 Å². The third-order valence-corrected chi connectivity index (χ3v) is 11.6. The molecule has 0 aromatic rings. The molecule has 6 nitrogen and oxygen atoms in total. The molecule has 0 saturated carbocycles. The molecule has 6 heteroatoms. The molecule has 332 valence electrons. The maximum absolute atomic E-state index is 12.4. The number of aliphatic hydroxyl groups is 2. The van der Waals surface area contributed by atoms with Gasteiger partial charge in [-0.15, -0.1) is 0 Å². The van der Waals surface area contributed by atoms with Gasteiger partial charge in [-0.3, -0.25) is 9.59 Å². The van der Waals surface area contributed by atoms with Gasteiger partial charge in [0, 0.05) is 12.8 Å². The molecule has 0 aliphatic rings. The Kier molecular flexibility index (Phi) is 45.1. The number of hydrogen-bond donors (Lipinski definition) is 3. The van der Waals surface area contributed by atoms with Crippen molar-refractivity contribution in [1.29, 1.82) is 0 Å². The number of esters is 1. The molecule has 0 radical (unpaired) electrons. The summed E-state index contributed by atoms with van der Waals surface area (Å²) in [7, 11) is 0. The minimum Gasteiger partial charge on any atom is -0.466 e. The van der Waals surface area contributed by atoms with Crippen molar-refractivity contribution in [3.05, 3.63) is 12.2 Å². The van der Waals surface area contributed by atoms with E-state index in [0.29, 0.717) is 25.9 Å². The van der Waals surface area contributed by atoms with E-state index in [9.17, 15) is 19.8 Å². The highest BCUT2D eigenvalue weighted by atomic mass is 16.5. The molecular formula is C50H97NO5. The Hall–Kier alpha value is -1.40. The molecule has 0 bridgehead atoms. The number of amides is 1. The van der Waals surface area contributed by atoms with Gasteiger partial charge in [0.25, 0.3) is 0 Å². The van der Waals surface area contributed by atoms with E-state index < -0.39 is 12.1 Å². The molecule has 3 N–H and O–H groups in total. The second-order valence-electron chi connectivity index (χ2n) is 17.1. The maximum atomic E-state index is 12.4. The third-order valence-electron chi connectivity index (χ3n) is 11.6. The minimum atomic E-state index is -0.664. The maximum Gasteiger partial charge on any atom is 0.305 e. The molecule has 56 heavy (non-hydrogen) atoms. The first kappa shape index (κ1) is 54.6. The zero-order valence-corrected chi connectivity index (χ0v) is 37.6. The van der Waals surface area contributed by atoms with Crippen LogP contribution in [0.4, 0.5) is 0 Å². The fourth-order valence-electron chi connectivity index (χ4n) is 7.69. The van der Waals surface area contributed by atoms with Crippen LogP contribution in [0.15, 0.2) is 12.2 Å². The van der Waals surface area contributed by atoms with Crippen molar-refractivity contribution in [2.24, 2.45) is 0 Å². The Bertz CT molecular complexity index is 832. The topological polar surface area (TPSA) is 95.9 Å². The second kappa shape index (κ2) is 46.3. The molecule has 2 unspecified atom stereocenters. The van der Waals surface area contributed by atoms with Crippen LogP contribution in [-0.4, -0.2) is 47.4 Å². The van der Waals surface area contributed by atoms with Gasteiger partial charge in [0.1, 0.15) is 0 Å². The predicted molar refractivity (Wildman–Crippen MR) is 241 cm³/mol. The molecule has 0 aromatic carbocycles. The van der Waals surface area contributed by atoms with Gasteiger partial charge in [-0.25, -0.2) is 0 Å². The van der Waals surface area contributed by atoms with Gasteiger partial charge >= 0.3 is 5.97 Å². The molecule has 0 fully saturated rings. The zero-order valence-electron chi connectivity index (χ0n) is 37.6. The summed E-state index contributed by atoms with van der Waals surface area (Å²) < 4.78 is 5.45. The number of carbonyl (C=O) groups is 2. The molecular weight excluding hydrogens is 695 g/mol. The minimum absolute atomic E-state index is 0.00418. The Morgan fingerprint density at radius 1 is 0.482 bits per heavy atom. The standard InChI is InChI=1S/C50H97NO5/c1-3-5-7-9-11-13-14-20-24-28-32-36-40-44-50(55)56-45-41-37-33-29-25-22-19-17-15-16-18-21-23-27-31-35-39-43-49(54)51-47(46-52)48(53)42-38-34-30-26-12-10-8-6-4-2/h13-14,47-48,52-53H,3-12,15-46H2,1-2H3,(H,51,54)/b14-13-. The number of hydrogen-bond acceptors (Lipinski definition) is 5. The van der Waals surface area contributed by atoms with Crippen molar-refractivity contribution in [1.82, 2.24) is 5.32 Å². The fourth-order valence-corrected chi connectivity index (χ4v) is 7.69. The van der Waals surface area contributed by atoms with Crippen LogP contribution in [0.2, 0.25) is 0 Å². The van der Waals surface area contributed by atoms with Crippen LogP contribution in [-0.2, 0) is 14.3 Å². The lowest BCUT2D eigenvalue weighted by atomic mass is 10.0. The van der Waals surface area contributed by atoms with Crippen molar-refractivity contribution in [2.75, 3.05) is 13.2 Å². The van der Waals surface area contributed by atoms with E-state index in [2.05, 4.69) is 31.3 Å². The van der Waals surface area contributed by atoms with Gasteiger partial charge < -0.3 is 20.3 Å². The van der Waals surface area contributed by atoms with Crippen molar-refractivity contribution in [3.63, 3.8) is 0 Å². The molecule has 0 aromatic heterocycles. The second-order valence-corrected chi connectivity index (χ2v) is 17.1. The van der Waals surface area contributed by atoms with Crippen molar-refractivity contribution < 1.29 is 24.5 Å². The van der Waals surface area contributed by atoms with E-state index in [-0.39, 0.29) is 18.5 Å². The largest absolute Gasteiger partial charge is 0.466 e. The normalized spacial score (nSPS) is 12.7. The first-order chi connectivity index (χ1) is 27.5. The first-order valence-electron chi connectivity index (χ1n) is 24.9. The molecule has 0 saturated heterocycles. The first-order valence-corrected chi connectivity index (χ1v) is 24.9. The SMILES string of the molecule is CCCCCC/C=C\CCCCCCCC(=O)OCCCCCCCCCCCCCCCCCCCC(=O)NC(CO)C(O)CCCCCCCCCCC. The molecule has 0 aliphatic heterocycles. The summed E-state index contributed by atoms with van der Waals surface area (Å²) in [5, 5.41) is 23.0. The fraction of sp³-hybridized carbons (Fsp3) is 0.920. The van der Waals surface area contributed by atoms with Crippen LogP contribution < -0.4 is 5.32 Å². The molecule has 0 heterocycles. The summed E-state index contributed by atoms with van der Waals surface area (Å²) >= 11 is 0. The number of allylic oxidation sites excluding steroid dienone is 2. The lowest BCUT2D eigenvalue weighted by Crippen LogP contribution is -2.45. The number of nitrogens with one attached hydrogen (secondary N) is 1. The monoisotopic (exact) mass is 792 g/mol. The Labute approximate surface area is 349 Å². The van der Waals surface area contributed by atoms with Crippen LogP contribution in [0.25, 0.3) is 0 Å². The van der Waals surface area contributed by atoms with Gasteiger partial charge in [-0.1, -0.05) is 219 Å². The number of carbonyl (C=O) groups excluding carboxylic acids is 2. The highest BCUT2D eigenvalue weighted by Crippen LogP contribution is 2.16. The molecule has 1 amide bonds. The third kappa shape index (κ3) is 42.2. The number of ether oxygens (including phenoxy) is 1. The van der Waals surface area contributed by atoms with Crippen LogP contribution in [0.1, 0.15) is 271 Å². The van der Waals surface area contributed by atoms with Gasteiger partial charge in [-0.2, -0.15) is 0 Å². The summed E-state index contributed by atoms with van der Waals surface area (Å²) in [6, 6.07) is -0.542. The van der Waals surface area contributed by atoms with Crippen LogP contribution >= 0.6 is 0 Å². The Balaban J connectivity index is 3.39. The van der Waals surface area contributed by atoms with Crippen LogP contribution in [0, 0.1) is 0 Å². The highest BCUT2D eigenvalue weighted by Gasteiger charge is 2.20. The quantitative estimate of drug-likeness (QED) is 0.0324. The Morgan fingerprint density at radius 3 is 1.29 bits per heavy atom. The van der Waals surface area contributed by atoms with Crippen LogP contribution in [0.5, 0.6) is 0 Å². The van der Waals surface area contributed by atoms with Crippen LogP contribution in [0.3, 0.4) is 0 Å². The predicted octanol–water partition coefficient (Wildman–Crippen LogP) is 14.6. The van der Waals surface area contributed by atoms with Gasteiger partial charge in [-0.05, 0) is 51.4 Å². The van der Waals surface area contributed by atoms with Crippen molar-refractivity contribution >= 4 is 11.9 Å². The smallest absolute Gasteiger partial charge is 0.305 e. The van der Waals surface area contributed by atoms with E-state index in [1.54, 1.807) is 0 Å². The van der Waals surface area contributed by atoms with Crippen molar-refractivity contribution in [3.8, 4) is 0 Å². The van der Waals surface area contributed by atoms with Gasteiger partial charge in [0.05, 0.1) is 25.4 Å². The lowest BCUT2D eigenvalue weighted by Gasteiger charge is -2.22. The molecule has 0 spiro atoms.